The minimum Gasteiger partial charge on any atom is -0.396 e. The highest BCUT2D eigenvalue weighted by Crippen LogP contribution is 2.18. The van der Waals surface area contributed by atoms with Crippen LogP contribution >= 0.6 is 0 Å². The molecule has 0 heterocycles. The van der Waals surface area contributed by atoms with E-state index in [1.165, 1.54) is 19.3 Å². The summed E-state index contributed by atoms with van der Waals surface area (Å²) in [4.78, 5) is 21.4. The van der Waals surface area contributed by atoms with Gasteiger partial charge in [0.1, 0.15) is 12.6 Å². The van der Waals surface area contributed by atoms with Gasteiger partial charge in [-0.15, -0.1) is 0 Å². The van der Waals surface area contributed by atoms with Gasteiger partial charge in [-0.3, -0.25) is 9.59 Å². The molecule has 0 aromatic heterocycles. The van der Waals surface area contributed by atoms with Crippen molar-refractivity contribution in [1.82, 2.24) is 0 Å². The minimum absolute atomic E-state index is 0.156. The number of aryl methyl sites for hydroxylation is 1. The number of hydrogen-bond acceptors (Lipinski definition) is 5. The van der Waals surface area contributed by atoms with E-state index in [4.69, 9.17) is 15.3 Å². The van der Waals surface area contributed by atoms with Gasteiger partial charge in [-0.1, -0.05) is 45.2 Å². The van der Waals surface area contributed by atoms with Crippen LogP contribution in [-0.2, 0) is 6.42 Å². The van der Waals surface area contributed by atoms with Crippen molar-refractivity contribution in [3.05, 3.63) is 34.9 Å². The van der Waals surface area contributed by atoms with Gasteiger partial charge in [-0.25, -0.2) is 0 Å². The Balaban J connectivity index is 0.000000547. The minimum atomic E-state index is -0.667. The molecule has 5 nitrogen and oxygen atoms in total. The molecule has 0 aliphatic heterocycles. The molecule has 0 radical (unpaired) electrons. The first-order valence-corrected chi connectivity index (χ1v) is 8.92. The van der Waals surface area contributed by atoms with Crippen LogP contribution in [0.5, 0.6) is 0 Å². The Morgan fingerprint density at radius 2 is 1.56 bits per heavy atom. The monoisotopic (exact) mass is 352 g/mol. The average Bonchev–Trinajstić information content (AvgIpc) is 2.68. The first-order chi connectivity index (χ1) is 12.1. The molecule has 142 valence electrons. The lowest BCUT2D eigenvalue weighted by molar-refractivity contribution is 0.00304. The summed E-state index contributed by atoms with van der Waals surface area (Å²) in [6.45, 7) is 3.53. The summed E-state index contributed by atoms with van der Waals surface area (Å²) in [5, 5.41) is 26.0. The standard InChI is InChI=1S/C14H18O2.C6H14O3/c1-2-3-4-5-6-13-8-7-12(10-15)9-14(13)11-16;1-2-6(3-7,4-8)5-9/h7-11H,2-6H2,1H3;7-9H,2-5H2,1H3. The van der Waals surface area contributed by atoms with Crippen molar-refractivity contribution in [2.45, 2.75) is 52.4 Å². The van der Waals surface area contributed by atoms with E-state index in [0.29, 0.717) is 17.5 Å². The topological polar surface area (TPSA) is 94.8 Å². The fourth-order valence-electron chi connectivity index (χ4n) is 2.25. The fraction of sp³-hybridized carbons (Fsp3) is 0.600. The Bertz CT molecular complexity index is 477. The molecular formula is C20H32O5. The smallest absolute Gasteiger partial charge is 0.150 e. The third-order valence-electron chi connectivity index (χ3n) is 4.49. The molecule has 0 atom stereocenters. The molecule has 1 rings (SSSR count). The average molecular weight is 352 g/mol. The van der Waals surface area contributed by atoms with Gasteiger partial charge in [0.2, 0.25) is 0 Å². The Morgan fingerprint density at radius 1 is 0.920 bits per heavy atom. The largest absolute Gasteiger partial charge is 0.396 e. The van der Waals surface area contributed by atoms with Crippen LogP contribution in [0.25, 0.3) is 0 Å². The van der Waals surface area contributed by atoms with Crippen LogP contribution in [0.15, 0.2) is 18.2 Å². The summed E-state index contributed by atoms with van der Waals surface area (Å²) < 4.78 is 0. The van der Waals surface area contributed by atoms with E-state index in [0.717, 1.165) is 31.0 Å². The van der Waals surface area contributed by atoms with E-state index in [-0.39, 0.29) is 19.8 Å². The highest BCUT2D eigenvalue weighted by atomic mass is 16.3. The predicted molar refractivity (Wildman–Crippen MR) is 99.0 cm³/mol. The van der Waals surface area contributed by atoms with Gasteiger partial charge < -0.3 is 15.3 Å². The van der Waals surface area contributed by atoms with Crippen LogP contribution in [0.3, 0.4) is 0 Å². The van der Waals surface area contributed by atoms with Crippen molar-refractivity contribution in [3.63, 3.8) is 0 Å². The number of hydrogen-bond donors (Lipinski definition) is 3. The molecule has 0 amide bonds. The fourth-order valence-corrected chi connectivity index (χ4v) is 2.25. The van der Waals surface area contributed by atoms with E-state index in [9.17, 15) is 9.59 Å². The van der Waals surface area contributed by atoms with Gasteiger partial charge in [-0.05, 0) is 30.9 Å². The number of rotatable bonds is 11. The van der Waals surface area contributed by atoms with Gasteiger partial charge in [0, 0.05) is 16.5 Å². The maximum atomic E-state index is 10.9. The lowest BCUT2D eigenvalue weighted by Crippen LogP contribution is -2.32. The van der Waals surface area contributed by atoms with E-state index in [2.05, 4.69) is 6.92 Å². The highest BCUT2D eigenvalue weighted by molar-refractivity contribution is 5.83. The van der Waals surface area contributed by atoms with E-state index < -0.39 is 5.41 Å². The van der Waals surface area contributed by atoms with Crippen molar-refractivity contribution in [2.24, 2.45) is 5.41 Å². The second-order valence-electron chi connectivity index (χ2n) is 6.33. The zero-order valence-electron chi connectivity index (χ0n) is 15.4. The summed E-state index contributed by atoms with van der Waals surface area (Å²) in [7, 11) is 0. The SMILES string of the molecule is CCC(CO)(CO)CO.CCCCCCc1ccc(C=O)cc1C=O. The van der Waals surface area contributed by atoms with Crippen molar-refractivity contribution >= 4 is 12.6 Å². The number of aliphatic hydroxyl groups is 3. The molecule has 5 heteroatoms. The van der Waals surface area contributed by atoms with Crippen LogP contribution in [0.1, 0.15) is 72.2 Å². The number of aldehydes is 2. The lowest BCUT2D eigenvalue weighted by Gasteiger charge is -2.24. The predicted octanol–water partition coefficient (Wildman–Crippen LogP) is 2.79. The van der Waals surface area contributed by atoms with E-state index >= 15 is 0 Å². The lowest BCUT2D eigenvalue weighted by atomic mass is 9.88. The van der Waals surface area contributed by atoms with Gasteiger partial charge >= 0.3 is 0 Å². The number of unbranched alkanes of at least 4 members (excludes halogenated alkanes) is 3. The van der Waals surface area contributed by atoms with Gasteiger partial charge in [0.05, 0.1) is 19.8 Å². The quantitative estimate of drug-likeness (QED) is 0.420. The summed E-state index contributed by atoms with van der Waals surface area (Å²) in [5.74, 6) is 0. The number of carbonyl (C=O) groups excluding carboxylic acids is 2. The van der Waals surface area contributed by atoms with Gasteiger partial charge in [0.15, 0.2) is 0 Å². The second-order valence-corrected chi connectivity index (χ2v) is 6.33. The molecule has 0 aliphatic rings. The normalized spacial score (nSPS) is 10.8. The molecular weight excluding hydrogens is 320 g/mol. The molecule has 1 aromatic carbocycles. The zero-order valence-corrected chi connectivity index (χ0v) is 15.4. The summed E-state index contributed by atoms with van der Waals surface area (Å²) in [6.07, 6.45) is 7.88. The molecule has 0 fully saturated rings. The van der Waals surface area contributed by atoms with Crippen molar-refractivity contribution in [2.75, 3.05) is 19.8 Å². The maximum absolute atomic E-state index is 10.9. The summed E-state index contributed by atoms with van der Waals surface area (Å²) >= 11 is 0. The van der Waals surface area contributed by atoms with Crippen LogP contribution in [0, 0.1) is 5.41 Å². The number of carbonyl (C=O) groups is 2. The van der Waals surface area contributed by atoms with Gasteiger partial charge in [0.25, 0.3) is 0 Å². The van der Waals surface area contributed by atoms with Crippen LogP contribution < -0.4 is 0 Å². The molecule has 0 aliphatic carbocycles. The number of aliphatic hydroxyl groups excluding tert-OH is 3. The Kier molecular flexibility index (Phi) is 12.8. The molecule has 25 heavy (non-hydrogen) atoms. The van der Waals surface area contributed by atoms with E-state index in [1.54, 1.807) is 12.1 Å². The molecule has 3 N–H and O–H groups in total. The third-order valence-corrected chi connectivity index (χ3v) is 4.49. The molecule has 1 aromatic rings. The molecule has 0 spiro atoms. The van der Waals surface area contributed by atoms with Crippen LogP contribution in [0.2, 0.25) is 0 Å². The van der Waals surface area contributed by atoms with Gasteiger partial charge in [-0.2, -0.15) is 0 Å². The third kappa shape index (κ3) is 8.38. The Hall–Kier alpha value is -1.56. The highest BCUT2D eigenvalue weighted by Gasteiger charge is 2.24. The molecule has 0 unspecified atom stereocenters. The first kappa shape index (κ1) is 23.4. The van der Waals surface area contributed by atoms with Crippen LogP contribution in [-0.4, -0.2) is 47.7 Å². The Labute approximate surface area is 150 Å². The molecule has 0 saturated heterocycles. The van der Waals surface area contributed by atoms with Crippen LogP contribution in [0.4, 0.5) is 0 Å². The summed E-state index contributed by atoms with van der Waals surface area (Å²) in [6, 6.07) is 5.32. The van der Waals surface area contributed by atoms with Crippen molar-refractivity contribution in [1.29, 1.82) is 0 Å². The van der Waals surface area contributed by atoms with Crippen molar-refractivity contribution in [3.8, 4) is 0 Å². The molecule has 0 bridgehead atoms. The second kappa shape index (κ2) is 13.7. The zero-order chi connectivity index (χ0) is 19.1. The first-order valence-electron chi connectivity index (χ1n) is 8.92. The molecule has 0 saturated carbocycles. The maximum Gasteiger partial charge on any atom is 0.150 e. The Morgan fingerprint density at radius 3 is 1.96 bits per heavy atom. The number of benzene rings is 1. The summed E-state index contributed by atoms with van der Waals surface area (Å²) in [5.41, 5.74) is 1.61. The van der Waals surface area contributed by atoms with Crippen molar-refractivity contribution < 1.29 is 24.9 Å². The van der Waals surface area contributed by atoms with E-state index in [1.807, 2.05) is 13.0 Å².